The van der Waals surface area contributed by atoms with Crippen molar-refractivity contribution in [3.05, 3.63) is 76.5 Å². The minimum absolute atomic E-state index is 0.0293. The molecule has 1 amide bonds. The molecule has 144 valence electrons. The molecule has 1 saturated heterocycles. The minimum Gasteiger partial charge on any atom is -0.496 e. The van der Waals surface area contributed by atoms with Gasteiger partial charge in [-0.3, -0.25) is 4.79 Å². The third-order valence-corrected chi connectivity index (χ3v) is 5.20. The maximum atomic E-state index is 12.9. The first kappa shape index (κ1) is 18.0. The number of H-pyrrole nitrogens is 1. The van der Waals surface area contributed by atoms with Crippen LogP contribution in [0.5, 0.6) is 5.75 Å². The molecule has 7 heteroatoms. The molecule has 0 atom stereocenters. The maximum Gasteiger partial charge on any atom is 0.347 e. The van der Waals surface area contributed by atoms with Crippen molar-refractivity contribution in [1.29, 1.82) is 0 Å². The van der Waals surface area contributed by atoms with Gasteiger partial charge in [-0.2, -0.15) is 5.10 Å². The number of para-hydroxylation sites is 2. The molecule has 28 heavy (non-hydrogen) atoms. The molecule has 1 aliphatic heterocycles. The van der Waals surface area contributed by atoms with Crippen LogP contribution in [0.4, 0.5) is 0 Å². The Kier molecular flexibility index (Phi) is 4.97. The van der Waals surface area contributed by atoms with Gasteiger partial charge in [0.1, 0.15) is 11.6 Å². The van der Waals surface area contributed by atoms with E-state index in [0.717, 1.165) is 24.4 Å². The van der Waals surface area contributed by atoms with Crippen molar-refractivity contribution in [2.24, 2.45) is 0 Å². The molecule has 1 aliphatic rings. The molecule has 0 bridgehead atoms. The Bertz CT molecular complexity index is 1020. The van der Waals surface area contributed by atoms with E-state index in [-0.39, 0.29) is 17.5 Å². The molecule has 0 radical (unpaired) electrons. The number of methoxy groups -OCH3 is 1. The third-order valence-electron chi connectivity index (χ3n) is 5.20. The van der Waals surface area contributed by atoms with Crippen molar-refractivity contribution in [2.45, 2.75) is 18.8 Å². The van der Waals surface area contributed by atoms with Crippen molar-refractivity contribution in [1.82, 2.24) is 19.7 Å². The Morgan fingerprint density at radius 3 is 2.46 bits per heavy atom. The second-order valence-corrected chi connectivity index (χ2v) is 6.82. The van der Waals surface area contributed by atoms with Gasteiger partial charge in [-0.25, -0.2) is 14.5 Å². The molecule has 1 fully saturated rings. The molecule has 2 aromatic carbocycles. The van der Waals surface area contributed by atoms with Crippen molar-refractivity contribution < 1.29 is 9.53 Å². The molecule has 2 heterocycles. The van der Waals surface area contributed by atoms with Crippen LogP contribution in [0, 0.1) is 0 Å². The van der Waals surface area contributed by atoms with Crippen LogP contribution in [-0.4, -0.2) is 45.8 Å². The molecule has 7 nitrogen and oxygen atoms in total. The van der Waals surface area contributed by atoms with Gasteiger partial charge in [0.05, 0.1) is 18.4 Å². The number of benzene rings is 2. The van der Waals surface area contributed by atoms with E-state index in [1.54, 1.807) is 23.8 Å². The number of amides is 1. The molecule has 0 aliphatic carbocycles. The first-order chi connectivity index (χ1) is 13.7. The Hall–Kier alpha value is -3.35. The standard InChI is InChI=1S/C21H22N4O3/c1-28-18-10-6-5-9-17(18)20(26)24-13-11-15(12-14-24)19-22-23-21(27)25(19)16-7-3-2-4-8-16/h2-10,15H,11-14H2,1H3,(H,23,27). The van der Waals surface area contributed by atoms with Crippen LogP contribution in [0.3, 0.4) is 0 Å². The first-order valence-electron chi connectivity index (χ1n) is 9.34. The van der Waals surface area contributed by atoms with Crippen LogP contribution in [0.15, 0.2) is 59.4 Å². The number of nitrogens with zero attached hydrogens (tertiary/aromatic N) is 3. The average molecular weight is 378 g/mol. The van der Waals surface area contributed by atoms with Crippen molar-refractivity contribution >= 4 is 5.91 Å². The van der Waals surface area contributed by atoms with Crippen molar-refractivity contribution in [2.75, 3.05) is 20.2 Å². The monoisotopic (exact) mass is 378 g/mol. The highest BCUT2D eigenvalue weighted by molar-refractivity contribution is 5.97. The highest BCUT2D eigenvalue weighted by Crippen LogP contribution is 2.29. The van der Waals surface area contributed by atoms with Gasteiger partial charge in [0.2, 0.25) is 0 Å². The zero-order valence-electron chi connectivity index (χ0n) is 15.7. The number of aromatic nitrogens is 3. The van der Waals surface area contributed by atoms with E-state index in [1.165, 1.54) is 0 Å². The minimum atomic E-state index is -0.242. The van der Waals surface area contributed by atoms with Crippen molar-refractivity contribution in [3.8, 4) is 11.4 Å². The molecule has 0 spiro atoms. The predicted octanol–water partition coefficient (Wildman–Crippen LogP) is 2.59. The lowest BCUT2D eigenvalue weighted by molar-refractivity contribution is 0.0707. The van der Waals surface area contributed by atoms with Gasteiger partial charge in [0.15, 0.2) is 0 Å². The van der Waals surface area contributed by atoms with E-state index in [1.807, 2.05) is 47.4 Å². The SMILES string of the molecule is COc1ccccc1C(=O)N1CCC(c2n[nH]c(=O)n2-c2ccccc2)CC1. The summed E-state index contributed by atoms with van der Waals surface area (Å²) in [5.74, 6) is 1.39. The fourth-order valence-electron chi connectivity index (χ4n) is 3.74. The Morgan fingerprint density at radius 1 is 1.07 bits per heavy atom. The van der Waals surface area contributed by atoms with E-state index < -0.39 is 0 Å². The maximum absolute atomic E-state index is 12.9. The van der Waals surface area contributed by atoms with Crippen molar-refractivity contribution in [3.63, 3.8) is 0 Å². The van der Waals surface area contributed by atoms with E-state index in [4.69, 9.17) is 4.74 Å². The van der Waals surface area contributed by atoms with Crippen LogP contribution in [0.1, 0.15) is 34.9 Å². The topological polar surface area (TPSA) is 80.2 Å². The summed E-state index contributed by atoms with van der Waals surface area (Å²) >= 11 is 0. The molecular formula is C21H22N4O3. The predicted molar refractivity (Wildman–Crippen MR) is 105 cm³/mol. The smallest absolute Gasteiger partial charge is 0.347 e. The van der Waals surface area contributed by atoms with Gasteiger partial charge >= 0.3 is 5.69 Å². The lowest BCUT2D eigenvalue weighted by Gasteiger charge is -2.32. The molecule has 3 aromatic rings. The number of piperidine rings is 1. The van der Waals surface area contributed by atoms with Crippen LogP contribution in [0.25, 0.3) is 5.69 Å². The summed E-state index contributed by atoms with van der Waals surface area (Å²) in [5.41, 5.74) is 1.13. The Labute approximate surface area is 162 Å². The lowest BCUT2D eigenvalue weighted by Crippen LogP contribution is -2.38. The normalized spacial score (nSPS) is 14.8. The fraction of sp³-hybridized carbons (Fsp3) is 0.286. The van der Waals surface area contributed by atoms with E-state index in [0.29, 0.717) is 24.4 Å². The van der Waals surface area contributed by atoms with E-state index in [2.05, 4.69) is 10.2 Å². The van der Waals surface area contributed by atoms with Crippen LogP contribution in [0.2, 0.25) is 0 Å². The zero-order valence-corrected chi connectivity index (χ0v) is 15.7. The van der Waals surface area contributed by atoms with Crippen LogP contribution in [-0.2, 0) is 0 Å². The molecular weight excluding hydrogens is 356 g/mol. The second kappa shape index (κ2) is 7.72. The summed E-state index contributed by atoms with van der Waals surface area (Å²) in [6.07, 6.45) is 1.50. The summed E-state index contributed by atoms with van der Waals surface area (Å²) < 4.78 is 6.94. The van der Waals surface area contributed by atoms with Gasteiger partial charge in [-0.05, 0) is 37.1 Å². The number of carbonyl (C=O) groups is 1. The number of hydrogen-bond acceptors (Lipinski definition) is 4. The summed E-state index contributed by atoms with van der Waals surface area (Å²) in [6.45, 7) is 1.22. The number of hydrogen-bond donors (Lipinski definition) is 1. The number of aromatic amines is 1. The first-order valence-corrected chi connectivity index (χ1v) is 9.34. The van der Waals surface area contributed by atoms with Gasteiger partial charge in [0, 0.05) is 19.0 Å². The van der Waals surface area contributed by atoms with Crippen LogP contribution >= 0.6 is 0 Å². The molecule has 0 saturated carbocycles. The number of ether oxygens (including phenoxy) is 1. The van der Waals surface area contributed by atoms with Gasteiger partial charge in [-0.15, -0.1) is 0 Å². The summed E-state index contributed by atoms with van der Waals surface area (Å²) in [6, 6.07) is 16.8. The second-order valence-electron chi connectivity index (χ2n) is 6.82. The highest BCUT2D eigenvalue weighted by atomic mass is 16.5. The average Bonchev–Trinajstić information content (AvgIpc) is 3.15. The number of nitrogens with one attached hydrogen (secondary N) is 1. The van der Waals surface area contributed by atoms with Crippen LogP contribution < -0.4 is 10.4 Å². The molecule has 1 aromatic heterocycles. The summed E-state index contributed by atoms with van der Waals surface area (Å²) in [7, 11) is 1.57. The third kappa shape index (κ3) is 3.31. The van der Waals surface area contributed by atoms with Gasteiger partial charge in [-0.1, -0.05) is 30.3 Å². The quantitative estimate of drug-likeness (QED) is 0.757. The fourth-order valence-corrected chi connectivity index (χ4v) is 3.74. The number of rotatable bonds is 4. The Morgan fingerprint density at radius 2 is 1.75 bits per heavy atom. The largest absolute Gasteiger partial charge is 0.496 e. The summed E-state index contributed by atoms with van der Waals surface area (Å²) in [5, 5.41) is 6.84. The van der Waals surface area contributed by atoms with Gasteiger partial charge < -0.3 is 9.64 Å². The molecule has 4 rings (SSSR count). The van der Waals surface area contributed by atoms with E-state index >= 15 is 0 Å². The zero-order chi connectivity index (χ0) is 19.5. The van der Waals surface area contributed by atoms with E-state index in [9.17, 15) is 9.59 Å². The lowest BCUT2D eigenvalue weighted by atomic mass is 9.95. The number of carbonyl (C=O) groups excluding carboxylic acids is 1. The van der Waals surface area contributed by atoms with Gasteiger partial charge in [0.25, 0.3) is 5.91 Å². The number of likely N-dealkylation sites (tertiary alicyclic amines) is 1. The molecule has 1 N–H and O–H groups in total. The summed E-state index contributed by atoms with van der Waals surface area (Å²) in [4.78, 5) is 27.0. The Balaban J connectivity index is 1.51. The highest BCUT2D eigenvalue weighted by Gasteiger charge is 2.29. The molecule has 0 unspecified atom stereocenters.